The van der Waals surface area contributed by atoms with Crippen LogP contribution in [0.2, 0.25) is 0 Å². The van der Waals surface area contributed by atoms with E-state index in [2.05, 4.69) is 10.6 Å². The molecule has 0 bridgehead atoms. The summed E-state index contributed by atoms with van der Waals surface area (Å²) in [6.07, 6.45) is 0. The second-order valence-electron chi connectivity index (χ2n) is 4.52. The van der Waals surface area contributed by atoms with Crippen molar-refractivity contribution in [1.82, 2.24) is 10.2 Å². The Morgan fingerprint density at radius 2 is 2.10 bits per heavy atom. The summed E-state index contributed by atoms with van der Waals surface area (Å²) < 4.78 is 0. The fourth-order valence-electron chi connectivity index (χ4n) is 1.89. The van der Waals surface area contributed by atoms with Crippen LogP contribution in [0.4, 0.5) is 10.5 Å². The van der Waals surface area contributed by atoms with Crippen molar-refractivity contribution in [2.45, 2.75) is 6.92 Å². The van der Waals surface area contributed by atoms with Crippen molar-refractivity contribution >= 4 is 29.5 Å². The Morgan fingerprint density at radius 1 is 1.38 bits per heavy atom. The summed E-state index contributed by atoms with van der Waals surface area (Å²) in [4.78, 5) is 46.1. The Morgan fingerprint density at radius 3 is 2.62 bits per heavy atom. The normalized spacial score (nSPS) is 14.0. The molecule has 0 saturated carbocycles. The third-order valence-electron chi connectivity index (χ3n) is 2.99. The van der Waals surface area contributed by atoms with E-state index in [4.69, 9.17) is 5.11 Å². The summed E-state index contributed by atoms with van der Waals surface area (Å²) in [5, 5.41) is 13.7. The number of carbonyl (C=O) groups excluding carboxylic acids is 3. The van der Waals surface area contributed by atoms with Crippen LogP contribution in [0.1, 0.15) is 15.9 Å². The Kier molecular flexibility index (Phi) is 3.88. The van der Waals surface area contributed by atoms with Gasteiger partial charge >= 0.3 is 12.0 Å². The van der Waals surface area contributed by atoms with Crippen molar-refractivity contribution in [3.8, 4) is 0 Å². The van der Waals surface area contributed by atoms with Gasteiger partial charge in [-0.1, -0.05) is 0 Å². The maximum absolute atomic E-state index is 11.8. The first-order chi connectivity index (χ1) is 9.88. The predicted octanol–water partition coefficient (Wildman–Crippen LogP) is 0.184. The highest BCUT2D eigenvalue weighted by atomic mass is 16.4. The van der Waals surface area contributed by atoms with Gasteiger partial charge in [-0.05, 0) is 30.7 Å². The van der Waals surface area contributed by atoms with Crippen molar-refractivity contribution < 1.29 is 24.3 Å². The molecule has 8 nitrogen and oxygen atoms in total. The number of imide groups is 1. The molecule has 1 saturated heterocycles. The molecule has 1 aromatic carbocycles. The quantitative estimate of drug-likeness (QED) is 0.684. The predicted molar refractivity (Wildman–Crippen MR) is 71.9 cm³/mol. The first-order valence-electron chi connectivity index (χ1n) is 6.10. The number of amides is 4. The molecule has 0 unspecified atom stereocenters. The lowest BCUT2D eigenvalue weighted by Gasteiger charge is -2.13. The molecule has 4 amide bonds. The number of carboxylic acids is 1. The summed E-state index contributed by atoms with van der Waals surface area (Å²) in [6.45, 7) is 1.15. The van der Waals surface area contributed by atoms with Crippen molar-refractivity contribution in [3.05, 3.63) is 29.3 Å². The third kappa shape index (κ3) is 3.16. The Balaban J connectivity index is 2.04. The van der Waals surface area contributed by atoms with Gasteiger partial charge in [-0.25, -0.2) is 9.59 Å². The molecule has 0 aromatic heterocycles. The number of urea groups is 1. The number of nitrogens with one attached hydrogen (secondary N) is 2. The van der Waals surface area contributed by atoms with E-state index in [1.807, 2.05) is 0 Å². The highest BCUT2D eigenvalue weighted by molar-refractivity contribution is 6.06. The summed E-state index contributed by atoms with van der Waals surface area (Å²) in [5.74, 6) is -2.06. The second kappa shape index (κ2) is 5.61. The smallest absolute Gasteiger partial charge is 0.335 e. The first-order valence-corrected chi connectivity index (χ1v) is 6.10. The van der Waals surface area contributed by atoms with E-state index in [0.29, 0.717) is 11.3 Å². The maximum Gasteiger partial charge on any atom is 0.335 e. The van der Waals surface area contributed by atoms with Crippen LogP contribution in [-0.2, 0) is 9.59 Å². The molecule has 2 rings (SSSR count). The van der Waals surface area contributed by atoms with Gasteiger partial charge in [-0.2, -0.15) is 0 Å². The van der Waals surface area contributed by atoms with E-state index >= 15 is 0 Å². The number of hydrogen-bond donors (Lipinski definition) is 3. The minimum Gasteiger partial charge on any atom is -0.478 e. The molecule has 21 heavy (non-hydrogen) atoms. The molecule has 1 fully saturated rings. The van der Waals surface area contributed by atoms with E-state index < -0.39 is 23.8 Å². The molecule has 110 valence electrons. The van der Waals surface area contributed by atoms with Gasteiger partial charge in [0, 0.05) is 5.69 Å². The number of hydrogen-bond acceptors (Lipinski definition) is 4. The highest BCUT2D eigenvalue weighted by Gasteiger charge is 2.30. The van der Waals surface area contributed by atoms with Gasteiger partial charge in [-0.3, -0.25) is 14.5 Å². The number of nitrogens with zero attached hydrogens (tertiary/aromatic N) is 1. The van der Waals surface area contributed by atoms with Gasteiger partial charge < -0.3 is 15.7 Å². The maximum atomic E-state index is 11.8. The highest BCUT2D eigenvalue weighted by Crippen LogP contribution is 2.16. The summed E-state index contributed by atoms with van der Waals surface area (Å²) >= 11 is 0. The molecule has 0 spiro atoms. The fraction of sp³-hybridized carbons (Fsp3) is 0.231. The van der Waals surface area contributed by atoms with Crippen molar-refractivity contribution in [2.24, 2.45) is 0 Å². The number of aromatic carboxylic acids is 1. The summed E-state index contributed by atoms with van der Waals surface area (Å²) in [6, 6.07) is 3.64. The number of rotatable bonds is 4. The molecule has 8 heteroatoms. The van der Waals surface area contributed by atoms with Gasteiger partial charge in [0.15, 0.2) is 0 Å². The molecule has 0 radical (unpaired) electrons. The van der Waals surface area contributed by atoms with E-state index in [-0.39, 0.29) is 18.7 Å². The number of anilines is 1. The minimum atomic E-state index is -1.06. The van der Waals surface area contributed by atoms with Crippen LogP contribution in [0.5, 0.6) is 0 Å². The molecule has 0 atom stereocenters. The Labute approximate surface area is 119 Å². The molecular weight excluding hydrogens is 278 g/mol. The fourth-order valence-corrected chi connectivity index (χ4v) is 1.89. The van der Waals surface area contributed by atoms with Gasteiger partial charge in [0.2, 0.25) is 5.91 Å². The van der Waals surface area contributed by atoms with E-state index in [9.17, 15) is 19.2 Å². The zero-order valence-electron chi connectivity index (χ0n) is 11.2. The largest absolute Gasteiger partial charge is 0.478 e. The SMILES string of the molecule is Cc1cc(C(=O)O)ccc1NC(=O)CN1C(=O)CNC1=O. The van der Waals surface area contributed by atoms with Crippen LogP contribution in [0.3, 0.4) is 0 Å². The molecule has 0 aliphatic carbocycles. The topological polar surface area (TPSA) is 116 Å². The number of carbonyl (C=O) groups is 4. The molecule has 1 heterocycles. The Hall–Kier alpha value is -2.90. The zero-order valence-corrected chi connectivity index (χ0v) is 11.2. The van der Waals surface area contributed by atoms with E-state index in [1.165, 1.54) is 18.2 Å². The van der Waals surface area contributed by atoms with E-state index in [0.717, 1.165) is 4.90 Å². The average Bonchev–Trinajstić information content (AvgIpc) is 2.72. The zero-order chi connectivity index (χ0) is 15.6. The number of aryl methyl sites for hydroxylation is 1. The first kappa shape index (κ1) is 14.5. The molecule has 1 aliphatic heterocycles. The number of carboxylic acid groups (broad SMARTS) is 1. The molecule has 1 aliphatic rings. The summed E-state index contributed by atoms with van der Waals surface area (Å²) in [7, 11) is 0. The van der Waals surface area contributed by atoms with Gasteiger partial charge in [-0.15, -0.1) is 0 Å². The van der Waals surface area contributed by atoms with Crippen molar-refractivity contribution in [2.75, 3.05) is 18.4 Å². The van der Waals surface area contributed by atoms with Crippen LogP contribution in [0.25, 0.3) is 0 Å². The van der Waals surface area contributed by atoms with Crippen molar-refractivity contribution in [1.29, 1.82) is 0 Å². The van der Waals surface area contributed by atoms with Gasteiger partial charge in [0.05, 0.1) is 12.1 Å². The Bertz CT molecular complexity index is 625. The lowest BCUT2D eigenvalue weighted by molar-refractivity contribution is -0.128. The van der Waals surface area contributed by atoms with Crippen LogP contribution in [0.15, 0.2) is 18.2 Å². The second-order valence-corrected chi connectivity index (χ2v) is 4.52. The molecular formula is C13H13N3O5. The van der Waals surface area contributed by atoms with Gasteiger partial charge in [0.25, 0.3) is 5.91 Å². The lowest BCUT2D eigenvalue weighted by atomic mass is 10.1. The molecule has 3 N–H and O–H groups in total. The minimum absolute atomic E-state index is 0.111. The standard InChI is InChI=1S/C13H13N3O5/c1-7-4-8(12(19)20)2-3-9(7)15-10(17)6-16-11(18)5-14-13(16)21/h2-4H,5-6H2,1H3,(H,14,21)(H,15,17)(H,19,20). The van der Waals surface area contributed by atoms with Gasteiger partial charge in [0.1, 0.15) is 6.54 Å². The monoisotopic (exact) mass is 291 g/mol. The summed E-state index contributed by atoms with van der Waals surface area (Å²) in [5.41, 5.74) is 1.11. The van der Waals surface area contributed by atoms with Crippen LogP contribution < -0.4 is 10.6 Å². The van der Waals surface area contributed by atoms with Crippen LogP contribution >= 0.6 is 0 Å². The van der Waals surface area contributed by atoms with Crippen molar-refractivity contribution in [3.63, 3.8) is 0 Å². The average molecular weight is 291 g/mol. The van der Waals surface area contributed by atoms with E-state index in [1.54, 1.807) is 6.92 Å². The number of benzene rings is 1. The third-order valence-corrected chi connectivity index (χ3v) is 2.99. The lowest BCUT2D eigenvalue weighted by Crippen LogP contribution is -2.38. The van der Waals surface area contributed by atoms with Crippen LogP contribution in [-0.4, -0.2) is 46.9 Å². The van der Waals surface area contributed by atoms with Crippen LogP contribution in [0, 0.1) is 6.92 Å². The molecule has 1 aromatic rings.